The fourth-order valence-electron chi connectivity index (χ4n) is 4.72. The van der Waals surface area contributed by atoms with E-state index in [9.17, 15) is 4.79 Å². The van der Waals surface area contributed by atoms with Crippen LogP contribution in [0.5, 0.6) is 0 Å². The zero-order valence-electron chi connectivity index (χ0n) is 21.9. The Bertz CT molecular complexity index is 1440. The van der Waals surface area contributed by atoms with E-state index in [1.807, 2.05) is 44.3 Å². The predicted octanol–water partition coefficient (Wildman–Crippen LogP) is 5.59. The Balaban J connectivity index is 2.07. The number of anilines is 1. The van der Waals surface area contributed by atoms with Crippen molar-refractivity contribution in [1.29, 1.82) is 0 Å². The van der Waals surface area contributed by atoms with Crippen molar-refractivity contribution in [3.05, 3.63) is 70.6 Å². The Labute approximate surface area is 213 Å². The quantitative estimate of drug-likeness (QED) is 0.319. The van der Waals surface area contributed by atoms with Gasteiger partial charge in [-0.2, -0.15) is 0 Å². The number of amides is 1. The molecule has 1 amide bonds. The number of nitrogens with one attached hydrogen (secondary N) is 1. The lowest BCUT2D eigenvalue weighted by atomic mass is 9.89. The molecule has 188 valence electrons. The van der Waals surface area contributed by atoms with Gasteiger partial charge in [-0.05, 0) is 75.5 Å². The minimum atomic E-state index is -0.0172. The van der Waals surface area contributed by atoms with Crippen molar-refractivity contribution < 1.29 is 9.21 Å². The van der Waals surface area contributed by atoms with Crippen molar-refractivity contribution in [2.75, 3.05) is 38.5 Å². The van der Waals surface area contributed by atoms with E-state index < -0.39 is 0 Å². The molecule has 0 spiro atoms. The molecule has 0 saturated heterocycles. The molecule has 2 aliphatic rings. The van der Waals surface area contributed by atoms with Gasteiger partial charge in [0.2, 0.25) is 0 Å². The SMILES string of the molecule is CCN=c1cc2oc3cc(NCC)c(C)cc3c(-c3ccccc3C(=O)N(C)CCCN)c-2cc1C. The lowest BCUT2D eigenvalue weighted by Gasteiger charge is -2.22. The molecule has 2 aromatic carbocycles. The summed E-state index contributed by atoms with van der Waals surface area (Å²) in [6.07, 6.45) is 0.760. The Kier molecular flexibility index (Phi) is 7.75. The molecule has 2 aromatic rings. The van der Waals surface area contributed by atoms with Crippen molar-refractivity contribution in [2.45, 2.75) is 34.1 Å². The van der Waals surface area contributed by atoms with Gasteiger partial charge in [0, 0.05) is 66.6 Å². The van der Waals surface area contributed by atoms with Gasteiger partial charge in [0.15, 0.2) is 0 Å². The minimum Gasteiger partial charge on any atom is -0.456 e. The zero-order valence-corrected chi connectivity index (χ0v) is 21.9. The number of fused-ring (bicyclic) bond motifs is 2. The summed E-state index contributed by atoms with van der Waals surface area (Å²) < 4.78 is 6.48. The molecule has 0 bridgehead atoms. The highest BCUT2D eigenvalue weighted by Gasteiger charge is 2.24. The van der Waals surface area contributed by atoms with E-state index in [1.165, 1.54) is 0 Å². The summed E-state index contributed by atoms with van der Waals surface area (Å²) in [7, 11) is 1.83. The number of aryl methyl sites for hydroxylation is 2. The topological polar surface area (TPSA) is 83.9 Å². The van der Waals surface area contributed by atoms with Crippen LogP contribution in [0.15, 0.2) is 57.9 Å². The average Bonchev–Trinajstić information content (AvgIpc) is 2.87. The number of rotatable bonds is 8. The van der Waals surface area contributed by atoms with E-state index in [0.717, 1.165) is 68.6 Å². The minimum absolute atomic E-state index is 0.0172. The maximum Gasteiger partial charge on any atom is 0.254 e. The van der Waals surface area contributed by atoms with Gasteiger partial charge in [-0.1, -0.05) is 18.2 Å². The van der Waals surface area contributed by atoms with Gasteiger partial charge < -0.3 is 20.4 Å². The lowest BCUT2D eigenvalue weighted by Crippen LogP contribution is -2.29. The number of nitrogens with zero attached hydrogens (tertiary/aromatic N) is 2. The smallest absolute Gasteiger partial charge is 0.254 e. The van der Waals surface area contributed by atoms with Gasteiger partial charge in [0.1, 0.15) is 11.3 Å². The zero-order chi connectivity index (χ0) is 25.8. The second kappa shape index (κ2) is 11.0. The van der Waals surface area contributed by atoms with Crippen LogP contribution in [-0.4, -0.2) is 44.0 Å². The van der Waals surface area contributed by atoms with E-state index in [2.05, 4.69) is 49.3 Å². The van der Waals surface area contributed by atoms with E-state index >= 15 is 0 Å². The van der Waals surface area contributed by atoms with Gasteiger partial charge in [-0.3, -0.25) is 9.79 Å². The third-order valence-corrected chi connectivity index (χ3v) is 6.55. The standard InChI is InChI=1S/C30H36N4O2/c1-6-32-25-17-27-23(15-19(25)3)29(24-16-20(4)26(33-7-2)18-28(24)36-27)21-11-8-9-12-22(21)30(35)34(5)14-10-13-31/h8-9,11-12,15-18,32H,6-7,10,13-14,31H2,1-5H3. The van der Waals surface area contributed by atoms with E-state index in [1.54, 1.807) is 4.90 Å². The Hall–Kier alpha value is -3.64. The van der Waals surface area contributed by atoms with Crippen LogP contribution in [0.4, 0.5) is 5.69 Å². The van der Waals surface area contributed by atoms with Gasteiger partial charge in [-0.25, -0.2) is 0 Å². The lowest BCUT2D eigenvalue weighted by molar-refractivity contribution is 0.0795. The molecule has 3 N–H and O–H groups in total. The molecule has 4 rings (SSSR count). The highest BCUT2D eigenvalue weighted by atomic mass is 16.3. The van der Waals surface area contributed by atoms with E-state index in [4.69, 9.17) is 10.2 Å². The summed E-state index contributed by atoms with van der Waals surface area (Å²) in [5.74, 6) is 0.733. The first-order valence-corrected chi connectivity index (χ1v) is 12.7. The van der Waals surface area contributed by atoms with Crippen molar-refractivity contribution in [2.24, 2.45) is 10.7 Å². The molecule has 36 heavy (non-hydrogen) atoms. The summed E-state index contributed by atoms with van der Waals surface area (Å²) in [6.45, 7) is 10.9. The average molecular weight is 485 g/mol. The molecule has 0 atom stereocenters. The first-order valence-electron chi connectivity index (χ1n) is 12.7. The van der Waals surface area contributed by atoms with Crippen LogP contribution in [0.1, 0.15) is 41.8 Å². The molecule has 6 heteroatoms. The third-order valence-electron chi connectivity index (χ3n) is 6.55. The first kappa shape index (κ1) is 25.5. The number of nitrogens with two attached hydrogens (primary N) is 1. The summed E-state index contributed by atoms with van der Waals surface area (Å²) in [5.41, 5.74) is 13.2. The fraction of sp³-hybridized carbons (Fsp3) is 0.333. The number of hydrogen-bond acceptors (Lipinski definition) is 5. The maximum absolute atomic E-state index is 13.6. The summed E-state index contributed by atoms with van der Waals surface area (Å²) in [5, 5.41) is 5.33. The van der Waals surface area contributed by atoms with Crippen molar-refractivity contribution in [3.8, 4) is 22.5 Å². The molecule has 0 unspecified atom stereocenters. The molecule has 6 nitrogen and oxygen atoms in total. The van der Waals surface area contributed by atoms with Crippen molar-refractivity contribution in [1.82, 2.24) is 4.90 Å². The van der Waals surface area contributed by atoms with Crippen LogP contribution in [-0.2, 0) is 0 Å². The monoisotopic (exact) mass is 484 g/mol. The second-order valence-electron chi connectivity index (χ2n) is 9.19. The fourth-order valence-corrected chi connectivity index (χ4v) is 4.72. The van der Waals surface area contributed by atoms with Gasteiger partial charge >= 0.3 is 0 Å². The van der Waals surface area contributed by atoms with E-state index in [0.29, 0.717) is 25.2 Å². The van der Waals surface area contributed by atoms with Gasteiger partial charge in [0.05, 0.1) is 5.36 Å². The molecule has 0 fully saturated rings. The van der Waals surface area contributed by atoms with Crippen LogP contribution in [0.3, 0.4) is 0 Å². The van der Waals surface area contributed by atoms with Crippen LogP contribution in [0, 0.1) is 13.8 Å². The number of hydrogen-bond donors (Lipinski definition) is 2. The Morgan fingerprint density at radius 3 is 2.56 bits per heavy atom. The molecule has 0 aromatic heterocycles. The van der Waals surface area contributed by atoms with Crippen LogP contribution >= 0.6 is 0 Å². The highest BCUT2D eigenvalue weighted by Crippen LogP contribution is 2.43. The molecule has 1 aliphatic heterocycles. The molecule has 0 radical (unpaired) electrons. The maximum atomic E-state index is 13.6. The predicted molar refractivity (Wildman–Crippen MR) is 149 cm³/mol. The normalized spacial score (nSPS) is 11.9. The number of carbonyl (C=O) groups excluding carboxylic acids is 1. The van der Waals surface area contributed by atoms with E-state index in [-0.39, 0.29) is 5.91 Å². The van der Waals surface area contributed by atoms with Crippen molar-refractivity contribution >= 4 is 22.6 Å². The second-order valence-corrected chi connectivity index (χ2v) is 9.19. The third kappa shape index (κ3) is 4.86. The molecular weight excluding hydrogens is 448 g/mol. The Morgan fingerprint density at radius 2 is 1.83 bits per heavy atom. The summed E-state index contributed by atoms with van der Waals surface area (Å²) in [6, 6.07) is 16.2. The molecule has 0 saturated carbocycles. The van der Waals surface area contributed by atoms with Gasteiger partial charge in [-0.15, -0.1) is 0 Å². The first-order chi connectivity index (χ1) is 17.4. The van der Waals surface area contributed by atoms with Crippen molar-refractivity contribution in [3.63, 3.8) is 0 Å². The Morgan fingerprint density at radius 1 is 1.06 bits per heavy atom. The number of benzene rings is 3. The van der Waals surface area contributed by atoms with Crippen LogP contribution in [0.25, 0.3) is 33.4 Å². The molecule has 1 heterocycles. The van der Waals surface area contributed by atoms with Gasteiger partial charge in [0.25, 0.3) is 5.91 Å². The van der Waals surface area contributed by atoms with Crippen LogP contribution < -0.4 is 16.4 Å². The highest BCUT2D eigenvalue weighted by molar-refractivity contribution is 6.09. The largest absolute Gasteiger partial charge is 0.456 e. The number of carbonyl (C=O) groups is 1. The molecule has 1 aliphatic carbocycles. The molecular formula is C30H36N4O2. The van der Waals surface area contributed by atoms with Crippen LogP contribution in [0.2, 0.25) is 0 Å². The summed E-state index contributed by atoms with van der Waals surface area (Å²) in [4.78, 5) is 20.0. The summed E-state index contributed by atoms with van der Waals surface area (Å²) >= 11 is 0.